The minimum Gasteiger partial charge on any atom is -0.377 e. The molecule has 1 nitrogen and oxygen atoms in total. The second-order valence-corrected chi connectivity index (χ2v) is 6.77. The summed E-state index contributed by atoms with van der Waals surface area (Å²) in [6.45, 7) is 2.08. The summed E-state index contributed by atoms with van der Waals surface area (Å²) < 4.78 is 2.09. The normalized spacial score (nSPS) is 12.3. The van der Waals surface area contributed by atoms with Gasteiger partial charge >= 0.3 is 0 Å². The van der Waals surface area contributed by atoms with Crippen molar-refractivity contribution in [3.05, 3.63) is 61.0 Å². The second-order valence-electron chi connectivity index (χ2n) is 4.16. The number of benzene rings is 2. The van der Waals surface area contributed by atoms with Gasteiger partial charge in [0, 0.05) is 20.0 Å². The molecule has 0 heterocycles. The van der Waals surface area contributed by atoms with Crippen LogP contribution in [0.3, 0.4) is 0 Å². The number of hydrogen-bond donors (Lipinski definition) is 1. The molecule has 100 valence electrons. The van der Waals surface area contributed by atoms with Crippen LogP contribution in [0.15, 0.2) is 45.3 Å². The molecule has 0 saturated carbocycles. The van der Waals surface area contributed by atoms with Crippen molar-refractivity contribution in [2.45, 2.75) is 13.0 Å². The van der Waals surface area contributed by atoms with E-state index in [1.54, 1.807) is 6.07 Å². The largest absolute Gasteiger partial charge is 0.377 e. The van der Waals surface area contributed by atoms with Gasteiger partial charge in [-0.1, -0.05) is 61.1 Å². The first-order valence-electron chi connectivity index (χ1n) is 5.64. The highest BCUT2D eigenvalue weighted by molar-refractivity contribution is 9.11. The fraction of sp³-hybridized carbons (Fsp3) is 0.143. The average Bonchev–Trinajstić information content (AvgIpc) is 2.32. The predicted octanol–water partition coefficient (Wildman–Crippen LogP) is 6.69. The van der Waals surface area contributed by atoms with Gasteiger partial charge in [0.15, 0.2) is 0 Å². The van der Waals surface area contributed by atoms with E-state index >= 15 is 0 Å². The van der Waals surface area contributed by atoms with Gasteiger partial charge in [0.25, 0.3) is 0 Å². The van der Waals surface area contributed by atoms with Gasteiger partial charge in [-0.25, -0.2) is 0 Å². The lowest BCUT2D eigenvalue weighted by Crippen LogP contribution is -2.07. The Morgan fingerprint density at radius 1 is 1.05 bits per heavy atom. The zero-order chi connectivity index (χ0) is 14.0. The van der Waals surface area contributed by atoms with Crippen LogP contribution in [0.1, 0.15) is 18.5 Å². The third kappa shape index (κ3) is 3.88. The molecular weight excluding hydrogens is 413 g/mol. The van der Waals surface area contributed by atoms with Crippen LogP contribution < -0.4 is 5.32 Å². The first kappa shape index (κ1) is 15.2. The highest BCUT2D eigenvalue weighted by atomic mass is 79.9. The Morgan fingerprint density at radius 2 is 1.79 bits per heavy atom. The molecule has 5 heteroatoms. The van der Waals surface area contributed by atoms with Crippen molar-refractivity contribution in [3.63, 3.8) is 0 Å². The molecule has 0 amide bonds. The molecule has 1 unspecified atom stereocenters. The highest BCUT2D eigenvalue weighted by Crippen LogP contribution is 2.32. The van der Waals surface area contributed by atoms with E-state index in [9.17, 15) is 0 Å². The van der Waals surface area contributed by atoms with Gasteiger partial charge in [-0.05, 0) is 42.8 Å². The van der Waals surface area contributed by atoms with Crippen molar-refractivity contribution in [2.24, 2.45) is 0 Å². The van der Waals surface area contributed by atoms with E-state index in [1.165, 1.54) is 0 Å². The summed E-state index contributed by atoms with van der Waals surface area (Å²) in [7, 11) is 0. The molecule has 2 aromatic carbocycles. The van der Waals surface area contributed by atoms with Crippen LogP contribution >= 0.6 is 55.1 Å². The van der Waals surface area contributed by atoms with Gasteiger partial charge in [-0.2, -0.15) is 0 Å². The molecule has 19 heavy (non-hydrogen) atoms. The van der Waals surface area contributed by atoms with Crippen LogP contribution in [-0.2, 0) is 0 Å². The summed E-state index contributed by atoms with van der Waals surface area (Å²) in [6.07, 6.45) is 0. The van der Waals surface area contributed by atoms with Crippen molar-refractivity contribution in [1.82, 2.24) is 0 Å². The van der Waals surface area contributed by atoms with Crippen molar-refractivity contribution in [3.8, 4) is 0 Å². The molecule has 1 N–H and O–H groups in total. The van der Waals surface area contributed by atoms with Crippen LogP contribution in [0, 0.1) is 0 Å². The Labute approximate surface area is 139 Å². The molecule has 0 radical (unpaired) electrons. The molecule has 0 aliphatic heterocycles. The standard InChI is InChI=1S/C14H11Br2Cl2N/c1-8(11-4-2-9(15)6-12(11)16)19-14-5-3-10(17)7-13(14)18/h2-8,19H,1H3. The maximum absolute atomic E-state index is 6.16. The van der Waals surface area contributed by atoms with Gasteiger partial charge in [-0.3, -0.25) is 0 Å². The summed E-state index contributed by atoms with van der Waals surface area (Å²) in [5.41, 5.74) is 2.03. The van der Waals surface area contributed by atoms with E-state index in [2.05, 4.69) is 50.2 Å². The molecule has 0 spiro atoms. The predicted molar refractivity (Wildman–Crippen MR) is 90.3 cm³/mol. The molecule has 0 aliphatic carbocycles. The second kappa shape index (κ2) is 6.49. The van der Waals surface area contributed by atoms with Crippen LogP contribution in [-0.4, -0.2) is 0 Å². The molecule has 1 atom stereocenters. The maximum Gasteiger partial charge on any atom is 0.0652 e. The summed E-state index contributed by atoms with van der Waals surface area (Å²) >= 11 is 19.1. The fourth-order valence-corrected chi connectivity index (χ4v) is 3.62. The zero-order valence-corrected chi connectivity index (χ0v) is 14.7. The summed E-state index contributed by atoms with van der Waals surface area (Å²) in [5, 5.41) is 4.63. The Kier molecular flexibility index (Phi) is 5.18. The van der Waals surface area contributed by atoms with Gasteiger partial charge in [-0.15, -0.1) is 0 Å². The maximum atomic E-state index is 6.16. The lowest BCUT2D eigenvalue weighted by atomic mass is 10.1. The Morgan fingerprint density at radius 3 is 2.42 bits per heavy atom. The van der Waals surface area contributed by atoms with E-state index in [0.29, 0.717) is 10.0 Å². The van der Waals surface area contributed by atoms with Crippen molar-refractivity contribution >= 4 is 60.7 Å². The Balaban J connectivity index is 2.23. The van der Waals surface area contributed by atoms with E-state index < -0.39 is 0 Å². The highest BCUT2D eigenvalue weighted by Gasteiger charge is 2.11. The van der Waals surface area contributed by atoms with E-state index in [0.717, 1.165) is 20.2 Å². The quantitative estimate of drug-likeness (QED) is 0.579. The van der Waals surface area contributed by atoms with Crippen LogP contribution in [0.4, 0.5) is 5.69 Å². The van der Waals surface area contributed by atoms with Crippen molar-refractivity contribution < 1.29 is 0 Å². The third-order valence-electron chi connectivity index (χ3n) is 2.73. The van der Waals surface area contributed by atoms with Crippen LogP contribution in [0.25, 0.3) is 0 Å². The molecule has 2 aromatic rings. The fourth-order valence-electron chi connectivity index (χ4n) is 1.77. The lowest BCUT2D eigenvalue weighted by molar-refractivity contribution is 0.878. The Hall–Kier alpha value is -0.220. The number of nitrogens with one attached hydrogen (secondary N) is 1. The van der Waals surface area contributed by atoms with E-state index in [4.69, 9.17) is 23.2 Å². The minimum absolute atomic E-state index is 0.126. The van der Waals surface area contributed by atoms with Crippen LogP contribution in [0.5, 0.6) is 0 Å². The number of rotatable bonds is 3. The smallest absolute Gasteiger partial charge is 0.0652 e. The van der Waals surface area contributed by atoms with Gasteiger partial charge in [0.05, 0.1) is 10.7 Å². The molecule has 0 aromatic heterocycles. The van der Waals surface area contributed by atoms with Crippen molar-refractivity contribution in [2.75, 3.05) is 5.32 Å². The molecule has 2 rings (SSSR count). The molecular formula is C14H11Br2Cl2N. The summed E-state index contributed by atoms with van der Waals surface area (Å²) in [6, 6.07) is 11.7. The zero-order valence-electron chi connectivity index (χ0n) is 10.1. The van der Waals surface area contributed by atoms with E-state index in [1.807, 2.05) is 24.3 Å². The SMILES string of the molecule is CC(Nc1ccc(Cl)cc1Cl)c1ccc(Br)cc1Br. The van der Waals surface area contributed by atoms with Gasteiger partial charge in [0.1, 0.15) is 0 Å². The summed E-state index contributed by atoms with van der Waals surface area (Å²) in [4.78, 5) is 0. The molecule has 0 aliphatic rings. The number of hydrogen-bond acceptors (Lipinski definition) is 1. The molecule has 0 saturated heterocycles. The van der Waals surface area contributed by atoms with Gasteiger partial charge in [0.2, 0.25) is 0 Å². The minimum atomic E-state index is 0.126. The topological polar surface area (TPSA) is 12.0 Å². The van der Waals surface area contributed by atoms with Crippen molar-refractivity contribution in [1.29, 1.82) is 0 Å². The van der Waals surface area contributed by atoms with Gasteiger partial charge < -0.3 is 5.32 Å². The monoisotopic (exact) mass is 421 g/mol. The molecule has 0 bridgehead atoms. The Bertz CT molecular complexity index is 602. The lowest BCUT2D eigenvalue weighted by Gasteiger charge is -2.18. The first-order valence-corrected chi connectivity index (χ1v) is 7.98. The van der Waals surface area contributed by atoms with Crippen LogP contribution in [0.2, 0.25) is 10.0 Å². The number of anilines is 1. The third-order valence-corrected chi connectivity index (χ3v) is 4.46. The van der Waals surface area contributed by atoms with E-state index in [-0.39, 0.29) is 6.04 Å². The molecule has 0 fully saturated rings. The first-order chi connectivity index (χ1) is 8.97. The number of halogens is 4. The summed E-state index contributed by atoms with van der Waals surface area (Å²) in [5.74, 6) is 0. The average molecular weight is 424 g/mol.